The Hall–Kier alpha value is -2.74. The molecule has 4 rings (SSSR count). The number of carbonyl (C=O) groups is 1. The number of likely N-dealkylation sites (tertiary alicyclic amines) is 1. The summed E-state index contributed by atoms with van der Waals surface area (Å²) < 4.78 is 7.25. The molecule has 1 saturated heterocycles. The number of ether oxygens (including phenoxy) is 1. The highest BCUT2D eigenvalue weighted by Crippen LogP contribution is 2.27. The van der Waals surface area contributed by atoms with E-state index in [0.717, 1.165) is 48.8 Å². The van der Waals surface area contributed by atoms with Crippen molar-refractivity contribution < 1.29 is 9.53 Å². The van der Waals surface area contributed by atoms with Gasteiger partial charge in [-0.15, -0.1) is 10.2 Å². The molecular formula is C19H24N6O2. The van der Waals surface area contributed by atoms with Gasteiger partial charge in [0.05, 0.1) is 12.3 Å². The zero-order valence-electron chi connectivity index (χ0n) is 15.7. The van der Waals surface area contributed by atoms with Gasteiger partial charge in [-0.2, -0.15) is 5.10 Å². The minimum atomic E-state index is -0.309. The molecule has 8 heteroatoms. The van der Waals surface area contributed by atoms with Gasteiger partial charge in [-0.1, -0.05) is 6.07 Å². The van der Waals surface area contributed by atoms with Gasteiger partial charge < -0.3 is 4.74 Å². The van der Waals surface area contributed by atoms with Gasteiger partial charge in [0.25, 0.3) is 0 Å². The molecule has 3 aromatic rings. The van der Waals surface area contributed by atoms with Gasteiger partial charge in [-0.25, -0.2) is 4.79 Å². The van der Waals surface area contributed by atoms with Crippen LogP contribution in [-0.2, 0) is 11.3 Å². The van der Waals surface area contributed by atoms with Crippen molar-refractivity contribution in [2.45, 2.75) is 39.2 Å². The van der Waals surface area contributed by atoms with E-state index in [1.165, 1.54) is 0 Å². The quantitative estimate of drug-likeness (QED) is 0.695. The van der Waals surface area contributed by atoms with Gasteiger partial charge in [0.2, 0.25) is 0 Å². The molecule has 1 fully saturated rings. The van der Waals surface area contributed by atoms with Crippen LogP contribution in [0.1, 0.15) is 53.3 Å². The fourth-order valence-corrected chi connectivity index (χ4v) is 3.83. The molecule has 1 N–H and O–H groups in total. The highest BCUT2D eigenvalue weighted by Gasteiger charge is 2.27. The maximum absolute atomic E-state index is 12.3. The minimum absolute atomic E-state index is 0.308. The Bertz CT molecular complexity index is 947. The number of nitrogens with zero attached hydrogens (tertiary/aromatic N) is 5. The minimum Gasteiger partial charge on any atom is -0.462 e. The standard InChI is InChI=1S/C19H24N6O2/c1-3-27-19(26)17-13(2)20-21-15(17)12-24-9-6-7-14(11-24)18-23-22-16-8-4-5-10-25(16)18/h4-5,8,10,14H,3,6-7,9,11-12H2,1-2H3,(H,20,21). The molecule has 1 aliphatic heterocycles. The maximum Gasteiger partial charge on any atom is 0.341 e. The van der Waals surface area contributed by atoms with Crippen molar-refractivity contribution in [2.24, 2.45) is 0 Å². The molecule has 0 amide bonds. The number of hydrogen-bond donors (Lipinski definition) is 1. The molecule has 4 heterocycles. The van der Waals surface area contributed by atoms with Gasteiger partial charge in [0.15, 0.2) is 5.65 Å². The highest BCUT2D eigenvalue weighted by molar-refractivity contribution is 5.91. The molecule has 27 heavy (non-hydrogen) atoms. The van der Waals surface area contributed by atoms with Crippen LogP contribution >= 0.6 is 0 Å². The number of aromatic nitrogens is 5. The molecule has 0 spiro atoms. The van der Waals surface area contributed by atoms with Crippen molar-refractivity contribution in [1.29, 1.82) is 0 Å². The SMILES string of the molecule is CCOC(=O)c1c(CN2CCCC(c3nnc4ccccn34)C2)n[nH]c1C. The molecule has 1 unspecified atom stereocenters. The zero-order valence-corrected chi connectivity index (χ0v) is 15.7. The summed E-state index contributed by atoms with van der Waals surface area (Å²) in [7, 11) is 0. The second kappa shape index (κ2) is 7.48. The molecule has 0 saturated carbocycles. The lowest BCUT2D eigenvalue weighted by molar-refractivity contribution is 0.0522. The van der Waals surface area contributed by atoms with Crippen LogP contribution in [-0.4, -0.2) is 55.4 Å². The second-order valence-electron chi connectivity index (χ2n) is 6.95. The normalized spacial score (nSPS) is 18.1. The topological polar surface area (TPSA) is 88.4 Å². The van der Waals surface area contributed by atoms with Crippen molar-refractivity contribution in [2.75, 3.05) is 19.7 Å². The number of H-pyrrole nitrogens is 1. The van der Waals surface area contributed by atoms with Crippen molar-refractivity contribution in [1.82, 2.24) is 29.7 Å². The Kier molecular flexibility index (Phi) is 4.89. The Morgan fingerprint density at radius 2 is 2.26 bits per heavy atom. The molecule has 0 aromatic carbocycles. The summed E-state index contributed by atoms with van der Waals surface area (Å²) in [6, 6.07) is 5.94. The molecule has 142 valence electrons. The highest BCUT2D eigenvalue weighted by atomic mass is 16.5. The Morgan fingerprint density at radius 3 is 3.11 bits per heavy atom. The summed E-state index contributed by atoms with van der Waals surface area (Å²) in [6.07, 6.45) is 4.17. The zero-order chi connectivity index (χ0) is 18.8. The fraction of sp³-hybridized carbons (Fsp3) is 0.474. The van der Waals surface area contributed by atoms with Crippen LogP contribution in [0, 0.1) is 6.92 Å². The van der Waals surface area contributed by atoms with Crippen molar-refractivity contribution in [3.63, 3.8) is 0 Å². The van der Waals surface area contributed by atoms with E-state index in [1.807, 2.05) is 38.2 Å². The lowest BCUT2D eigenvalue weighted by atomic mass is 9.97. The number of esters is 1. The lowest BCUT2D eigenvalue weighted by Gasteiger charge is -2.31. The first-order chi connectivity index (χ1) is 13.2. The maximum atomic E-state index is 12.3. The van der Waals surface area contributed by atoms with Crippen LogP contribution in [0.4, 0.5) is 0 Å². The summed E-state index contributed by atoms with van der Waals surface area (Å²) >= 11 is 0. The number of aromatic amines is 1. The second-order valence-corrected chi connectivity index (χ2v) is 6.95. The first kappa shape index (κ1) is 17.7. The van der Waals surface area contributed by atoms with Crippen LogP contribution in [0.2, 0.25) is 0 Å². The van der Waals surface area contributed by atoms with Gasteiger partial charge in [-0.3, -0.25) is 14.4 Å². The summed E-state index contributed by atoms with van der Waals surface area (Å²) in [6.45, 7) is 6.47. The number of hydrogen-bond acceptors (Lipinski definition) is 6. The number of rotatable bonds is 5. The largest absolute Gasteiger partial charge is 0.462 e. The first-order valence-corrected chi connectivity index (χ1v) is 9.40. The predicted molar refractivity (Wildman–Crippen MR) is 99.5 cm³/mol. The van der Waals surface area contributed by atoms with E-state index in [2.05, 4.69) is 29.7 Å². The van der Waals surface area contributed by atoms with E-state index in [4.69, 9.17) is 4.74 Å². The van der Waals surface area contributed by atoms with Crippen LogP contribution in [0.15, 0.2) is 24.4 Å². The molecule has 0 radical (unpaired) electrons. The summed E-state index contributed by atoms with van der Waals surface area (Å²) in [5.74, 6) is 0.997. The van der Waals surface area contributed by atoms with E-state index >= 15 is 0 Å². The number of carbonyl (C=O) groups excluding carboxylic acids is 1. The van der Waals surface area contributed by atoms with Crippen LogP contribution in [0.5, 0.6) is 0 Å². The molecule has 8 nitrogen and oxygen atoms in total. The molecule has 1 atom stereocenters. The Morgan fingerprint density at radius 1 is 1.37 bits per heavy atom. The monoisotopic (exact) mass is 368 g/mol. The van der Waals surface area contributed by atoms with Gasteiger partial charge in [-0.05, 0) is 45.4 Å². The first-order valence-electron chi connectivity index (χ1n) is 9.40. The third kappa shape index (κ3) is 3.44. The average molecular weight is 368 g/mol. The number of pyridine rings is 1. The smallest absolute Gasteiger partial charge is 0.341 e. The molecular weight excluding hydrogens is 344 g/mol. The number of nitrogens with one attached hydrogen (secondary N) is 1. The number of aryl methyl sites for hydroxylation is 1. The third-order valence-corrected chi connectivity index (χ3v) is 5.09. The summed E-state index contributed by atoms with van der Waals surface area (Å²) in [4.78, 5) is 14.6. The predicted octanol–water partition coefficient (Wildman–Crippen LogP) is 2.32. The van der Waals surface area contributed by atoms with Crippen molar-refractivity contribution in [3.05, 3.63) is 47.2 Å². The van der Waals surface area contributed by atoms with Crippen LogP contribution in [0.3, 0.4) is 0 Å². The van der Waals surface area contributed by atoms with E-state index in [1.54, 1.807) is 0 Å². The van der Waals surface area contributed by atoms with E-state index < -0.39 is 0 Å². The molecule has 0 aliphatic carbocycles. The molecule has 3 aromatic heterocycles. The molecule has 1 aliphatic rings. The van der Waals surface area contributed by atoms with Crippen molar-refractivity contribution >= 4 is 11.6 Å². The van der Waals surface area contributed by atoms with E-state index in [-0.39, 0.29) is 5.97 Å². The molecule has 0 bridgehead atoms. The Balaban J connectivity index is 1.52. The van der Waals surface area contributed by atoms with Gasteiger partial charge in [0.1, 0.15) is 11.4 Å². The summed E-state index contributed by atoms with van der Waals surface area (Å²) in [5.41, 5.74) is 2.93. The number of fused-ring (bicyclic) bond motifs is 1. The van der Waals surface area contributed by atoms with Crippen LogP contribution in [0.25, 0.3) is 5.65 Å². The van der Waals surface area contributed by atoms with Crippen LogP contribution < -0.4 is 0 Å². The van der Waals surface area contributed by atoms with E-state index in [9.17, 15) is 4.79 Å². The third-order valence-electron chi connectivity index (χ3n) is 5.09. The average Bonchev–Trinajstić information content (AvgIpc) is 3.26. The van der Waals surface area contributed by atoms with Gasteiger partial charge in [0, 0.05) is 30.9 Å². The summed E-state index contributed by atoms with van der Waals surface area (Å²) in [5, 5.41) is 16.0. The fourth-order valence-electron chi connectivity index (χ4n) is 3.83. The Labute approximate surface area is 157 Å². The van der Waals surface area contributed by atoms with Crippen molar-refractivity contribution in [3.8, 4) is 0 Å². The lowest BCUT2D eigenvalue weighted by Crippen LogP contribution is -2.35. The van der Waals surface area contributed by atoms with E-state index in [0.29, 0.717) is 24.6 Å². The van der Waals surface area contributed by atoms with Gasteiger partial charge >= 0.3 is 5.97 Å². The number of piperidine rings is 1.